The van der Waals surface area contributed by atoms with Crippen molar-refractivity contribution in [2.45, 2.75) is 6.92 Å². The van der Waals surface area contributed by atoms with Crippen LogP contribution in [0.4, 0.5) is 5.69 Å². The Morgan fingerprint density at radius 1 is 1.38 bits per heavy atom. The number of thiazole rings is 1. The molecule has 0 saturated carbocycles. The van der Waals surface area contributed by atoms with Gasteiger partial charge in [0.1, 0.15) is 4.88 Å². The molecule has 0 atom stereocenters. The number of carbonyl (C=O) groups excluding carboxylic acids is 1. The van der Waals surface area contributed by atoms with E-state index in [2.05, 4.69) is 26.2 Å². The fourth-order valence-electron chi connectivity index (χ4n) is 1.19. The van der Waals surface area contributed by atoms with Crippen LogP contribution >= 0.6 is 27.3 Å². The summed E-state index contributed by atoms with van der Waals surface area (Å²) >= 11 is 4.53. The molecule has 0 aliphatic carbocycles. The Balaban J connectivity index is 2.10. The van der Waals surface area contributed by atoms with Crippen LogP contribution in [0, 0.1) is 6.92 Å². The molecule has 16 heavy (non-hydrogen) atoms. The van der Waals surface area contributed by atoms with Crippen LogP contribution < -0.4 is 5.32 Å². The lowest BCUT2D eigenvalue weighted by Gasteiger charge is -2.02. The Hall–Kier alpha value is -1.20. The van der Waals surface area contributed by atoms with Gasteiger partial charge in [-0.1, -0.05) is 17.7 Å². The molecule has 1 aromatic carbocycles. The average Bonchev–Trinajstić information content (AvgIpc) is 2.68. The number of hydrogen-bond donors (Lipinski definition) is 1. The van der Waals surface area contributed by atoms with Gasteiger partial charge >= 0.3 is 0 Å². The summed E-state index contributed by atoms with van der Waals surface area (Å²) in [5.74, 6) is -0.132. The van der Waals surface area contributed by atoms with Gasteiger partial charge in [-0.2, -0.15) is 0 Å². The van der Waals surface area contributed by atoms with Gasteiger partial charge in [-0.25, -0.2) is 4.98 Å². The van der Waals surface area contributed by atoms with Gasteiger partial charge in [0.25, 0.3) is 5.91 Å². The Kier molecular flexibility index (Phi) is 3.36. The highest BCUT2D eigenvalue weighted by atomic mass is 79.9. The second-order valence-electron chi connectivity index (χ2n) is 3.30. The fourth-order valence-corrected chi connectivity index (χ4v) is 2.35. The number of nitrogens with zero attached hydrogens (tertiary/aromatic N) is 1. The van der Waals surface area contributed by atoms with Crippen molar-refractivity contribution >= 4 is 38.9 Å². The van der Waals surface area contributed by atoms with Crippen LogP contribution in [-0.2, 0) is 0 Å². The SMILES string of the molecule is Cc1ccc(NC(=O)c2cnc(Br)s2)cc1. The number of anilines is 1. The summed E-state index contributed by atoms with van der Waals surface area (Å²) in [6.07, 6.45) is 1.55. The summed E-state index contributed by atoms with van der Waals surface area (Å²) in [5, 5.41) is 2.81. The van der Waals surface area contributed by atoms with Crippen molar-refractivity contribution in [2.24, 2.45) is 0 Å². The van der Waals surface area contributed by atoms with Gasteiger partial charge < -0.3 is 5.32 Å². The molecular formula is C11H9BrN2OS. The third kappa shape index (κ3) is 2.68. The molecule has 82 valence electrons. The van der Waals surface area contributed by atoms with Crippen molar-refractivity contribution in [3.05, 3.63) is 44.8 Å². The monoisotopic (exact) mass is 296 g/mol. The normalized spacial score (nSPS) is 10.1. The summed E-state index contributed by atoms with van der Waals surface area (Å²) in [6.45, 7) is 2.01. The Bertz CT molecular complexity index is 507. The molecule has 1 amide bonds. The van der Waals surface area contributed by atoms with E-state index in [0.717, 1.165) is 5.69 Å². The predicted octanol–water partition coefficient (Wildman–Crippen LogP) is 3.47. The second kappa shape index (κ2) is 4.76. The molecule has 0 spiro atoms. The molecule has 0 bridgehead atoms. The molecule has 1 aromatic heterocycles. The van der Waals surface area contributed by atoms with Crippen LogP contribution in [0.5, 0.6) is 0 Å². The van der Waals surface area contributed by atoms with E-state index in [4.69, 9.17) is 0 Å². The Labute approximate surface area is 106 Å². The van der Waals surface area contributed by atoms with Crippen LogP contribution in [0.1, 0.15) is 15.2 Å². The number of aromatic nitrogens is 1. The zero-order valence-corrected chi connectivity index (χ0v) is 10.9. The summed E-state index contributed by atoms with van der Waals surface area (Å²) in [6, 6.07) is 7.67. The van der Waals surface area contributed by atoms with Crippen molar-refractivity contribution in [1.82, 2.24) is 4.98 Å². The van der Waals surface area contributed by atoms with Crippen molar-refractivity contribution in [3.63, 3.8) is 0 Å². The molecule has 2 aromatic rings. The number of aryl methyl sites for hydroxylation is 1. The molecule has 0 saturated heterocycles. The first-order valence-corrected chi connectivity index (χ1v) is 6.25. The summed E-state index contributed by atoms with van der Waals surface area (Å²) in [5.41, 5.74) is 1.96. The number of nitrogens with one attached hydrogen (secondary N) is 1. The number of benzene rings is 1. The van der Waals surface area contributed by atoms with E-state index in [-0.39, 0.29) is 5.91 Å². The quantitative estimate of drug-likeness (QED) is 0.922. The van der Waals surface area contributed by atoms with E-state index in [1.807, 2.05) is 31.2 Å². The number of amides is 1. The molecule has 0 fully saturated rings. The zero-order chi connectivity index (χ0) is 11.5. The van der Waals surface area contributed by atoms with Gasteiger partial charge in [0.05, 0.1) is 6.20 Å². The van der Waals surface area contributed by atoms with Crippen LogP contribution in [-0.4, -0.2) is 10.9 Å². The lowest BCUT2D eigenvalue weighted by Crippen LogP contribution is -2.09. The van der Waals surface area contributed by atoms with Crippen molar-refractivity contribution in [1.29, 1.82) is 0 Å². The first kappa shape index (κ1) is 11.3. The molecule has 3 nitrogen and oxygen atoms in total. The van der Waals surface area contributed by atoms with Crippen molar-refractivity contribution < 1.29 is 4.79 Å². The van der Waals surface area contributed by atoms with Gasteiger partial charge in [0, 0.05) is 5.69 Å². The summed E-state index contributed by atoms with van der Waals surface area (Å²) < 4.78 is 0.710. The molecule has 0 aliphatic rings. The lowest BCUT2D eigenvalue weighted by atomic mass is 10.2. The highest BCUT2D eigenvalue weighted by Gasteiger charge is 2.09. The number of halogens is 1. The molecule has 2 rings (SSSR count). The molecule has 0 unspecified atom stereocenters. The maximum Gasteiger partial charge on any atom is 0.267 e. The van der Waals surface area contributed by atoms with Gasteiger partial charge in [-0.3, -0.25) is 4.79 Å². The predicted molar refractivity (Wildman–Crippen MR) is 68.9 cm³/mol. The number of rotatable bonds is 2. The first-order chi connectivity index (χ1) is 7.65. The number of hydrogen-bond acceptors (Lipinski definition) is 3. The lowest BCUT2D eigenvalue weighted by molar-refractivity contribution is 0.103. The maximum atomic E-state index is 11.8. The van der Waals surface area contributed by atoms with Gasteiger partial charge in [-0.15, -0.1) is 11.3 Å². The minimum absolute atomic E-state index is 0.132. The third-order valence-electron chi connectivity index (χ3n) is 2.01. The standard InChI is InChI=1S/C11H9BrN2OS/c1-7-2-4-8(5-3-7)14-10(15)9-6-13-11(12)16-9/h2-6H,1H3,(H,14,15). The van der Waals surface area contributed by atoms with Crippen molar-refractivity contribution in [2.75, 3.05) is 5.32 Å². The summed E-state index contributed by atoms with van der Waals surface area (Å²) in [4.78, 5) is 16.3. The highest BCUT2D eigenvalue weighted by Crippen LogP contribution is 2.19. The van der Waals surface area contributed by atoms with E-state index in [9.17, 15) is 4.79 Å². The van der Waals surface area contributed by atoms with Crippen LogP contribution in [0.3, 0.4) is 0 Å². The smallest absolute Gasteiger partial charge is 0.267 e. The van der Waals surface area contributed by atoms with E-state index in [1.54, 1.807) is 6.20 Å². The molecule has 0 radical (unpaired) electrons. The highest BCUT2D eigenvalue weighted by molar-refractivity contribution is 9.11. The zero-order valence-electron chi connectivity index (χ0n) is 8.53. The Morgan fingerprint density at radius 3 is 2.62 bits per heavy atom. The van der Waals surface area contributed by atoms with E-state index in [0.29, 0.717) is 8.79 Å². The van der Waals surface area contributed by atoms with E-state index < -0.39 is 0 Å². The van der Waals surface area contributed by atoms with Crippen LogP contribution in [0.2, 0.25) is 0 Å². The molecule has 5 heteroatoms. The Morgan fingerprint density at radius 2 is 2.06 bits per heavy atom. The van der Waals surface area contributed by atoms with Crippen LogP contribution in [0.15, 0.2) is 34.4 Å². The maximum absolute atomic E-state index is 11.8. The number of carbonyl (C=O) groups is 1. The first-order valence-electron chi connectivity index (χ1n) is 4.64. The molecule has 0 aliphatic heterocycles. The minimum Gasteiger partial charge on any atom is -0.321 e. The van der Waals surface area contributed by atoms with E-state index in [1.165, 1.54) is 16.9 Å². The van der Waals surface area contributed by atoms with Crippen LogP contribution in [0.25, 0.3) is 0 Å². The van der Waals surface area contributed by atoms with Gasteiger partial charge in [0.15, 0.2) is 3.92 Å². The van der Waals surface area contributed by atoms with Gasteiger partial charge in [0.2, 0.25) is 0 Å². The topological polar surface area (TPSA) is 42.0 Å². The third-order valence-corrected chi connectivity index (χ3v) is 3.49. The van der Waals surface area contributed by atoms with Gasteiger partial charge in [-0.05, 0) is 35.0 Å². The average molecular weight is 297 g/mol. The molecule has 1 heterocycles. The van der Waals surface area contributed by atoms with E-state index >= 15 is 0 Å². The fraction of sp³-hybridized carbons (Fsp3) is 0.0909. The largest absolute Gasteiger partial charge is 0.321 e. The second-order valence-corrected chi connectivity index (χ2v) is 5.60. The minimum atomic E-state index is -0.132. The molecular weight excluding hydrogens is 288 g/mol. The van der Waals surface area contributed by atoms with Crippen molar-refractivity contribution in [3.8, 4) is 0 Å². The molecule has 1 N–H and O–H groups in total. The summed E-state index contributed by atoms with van der Waals surface area (Å²) in [7, 11) is 0.